The van der Waals surface area contributed by atoms with E-state index in [1.165, 1.54) is 11.0 Å². The number of anilines is 1. The average molecular weight is 484 g/mol. The van der Waals surface area contributed by atoms with Gasteiger partial charge in [-0.25, -0.2) is 4.79 Å². The third-order valence-corrected chi connectivity index (χ3v) is 5.09. The van der Waals surface area contributed by atoms with Gasteiger partial charge in [0.05, 0.1) is 6.61 Å². The van der Waals surface area contributed by atoms with Gasteiger partial charge in [-0.05, 0) is 37.3 Å². The number of nitrogens with one attached hydrogen (secondary N) is 2. The molecule has 184 valence electrons. The Labute approximate surface area is 200 Å². The summed E-state index contributed by atoms with van der Waals surface area (Å²) in [5.41, 5.74) is 1.70. The van der Waals surface area contributed by atoms with E-state index in [4.69, 9.17) is 4.74 Å². The van der Waals surface area contributed by atoms with Gasteiger partial charge in [0.1, 0.15) is 6.61 Å². The minimum Gasteiger partial charge on any atom is -0.381 e. The molecule has 0 aliphatic rings. The largest absolute Gasteiger partial charge is 0.439 e. The molecule has 0 radical (unpaired) electrons. The summed E-state index contributed by atoms with van der Waals surface area (Å²) in [5.74, 6) is -1.29. The van der Waals surface area contributed by atoms with Gasteiger partial charge in [-0.2, -0.15) is 0 Å². The number of carbonyl (C=O) groups is 2. The topological polar surface area (TPSA) is 158 Å². The van der Waals surface area contributed by atoms with Crippen LogP contribution in [0.4, 0.5) is 11.4 Å². The summed E-state index contributed by atoms with van der Waals surface area (Å²) < 4.78 is 10.4. The molecular weight excluding hydrogens is 458 g/mol. The number of aliphatic hydroxyl groups excluding tert-OH is 1. The van der Waals surface area contributed by atoms with Crippen molar-refractivity contribution in [1.29, 1.82) is 0 Å². The maximum atomic E-state index is 12.4. The monoisotopic (exact) mass is 484 g/mol. The molecule has 3 N–H and O–H groups in total. The molecule has 3 rings (SSSR count). The Morgan fingerprint density at radius 2 is 2.00 bits per heavy atom. The molecule has 0 saturated heterocycles. The Balaban J connectivity index is 1.43. The van der Waals surface area contributed by atoms with Gasteiger partial charge >= 0.3 is 5.76 Å². The van der Waals surface area contributed by atoms with Gasteiger partial charge < -0.3 is 20.1 Å². The van der Waals surface area contributed by atoms with Crippen molar-refractivity contribution in [1.82, 2.24) is 15.0 Å². The third-order valence-electron chi connectivity index (χ3n) is 5.09. The van der Waals surface area contributed by atoms with Crippen LogP contribution in [0.5, 0.6) is 0 Å². The van der Waals surface area contributed by atoms with Crippen molar-refractivity contribution in [2.75, 3.05) is 38.7 Å². The summed E-state index contributed by atoms with van der Waals surface area (Å²) in [6.45, 7) is 2.00. The van der Waals surface area contributed by atoms with Gasteiger partial charge in [-0.3, -0.25) is 19.1 Å². The van der Waals surface area contributed by atoms with Crippen LogP contribution in [0.15, 0.2) is 57.8 Å². The number of hydrogen-bond donors (Lipinski definition) is 3. The predicted octanol–water partition coefficient (Wildman–Crippen LogP) is 1.55. The molecule has 2 aromatic carbocycles. The number of aromatic nitrogens is 2. The summed E-state index contributed by atoms with van der Waals surface area (Å²) in [6, 6.07) is 12.7. The highest BCUT2D eigenvalue weighted by molar-refractivity contribution is 5.95. The first-order valence-electron chi connectivity index (χ1n) is 10.8. The van der Waals surface area contributed by atoms with Crippen LogP contribution in [0.25, 0.3) is 11.4 Å². The molecule has 1 heterocycles. The van der Waals surface area contributed by atoms with E-state index in [9.17, 15) is 24.4 Å². The van der Waals surface area contributed by atoms with Crippen LogP contribution in [0.2, 0.25) is 0 Å². The Morgan fingerprint density at radius 1 is 1.26 bits per heavy atom. The van der Waals surface area contributed by atoms with Gasteiger partial charge in [-0.15, -0.1) is 0 Å². The molecule has 12 heteroatoms. The Hall–Kier alpha value is -4.16. The zero-order chi connectivity index (χ0) is 25.4. The first-order valence-corrected chi connectivity index (χ1v) is 10.8. The van der Waals surface area contributed by atoms with E-state index in [1.807, 2.05) is 6.92 Å². The summed E-state index contributed by atoms with van der Waals surface area (Å²) in [5, 5.41) is 16.1. The van der Waals surface area contributed by atoms with E-state index in [0.717, 1.165) is 0 Å². The number of nitrogens with zero attached hydrogens (tertiary/aromatic N) is 3. The third kappa shape index (κ3) is 6.91. The maximum Gasteiger partial charge on any atom is 0.439 e. The number of benzene rings is 2. The van der Waals surface area contributed by atoms with E-state index >= 15 is 0 Å². The van der Waals surface area contributed by atoms with Crippen molar-refractivity contribution in [2.24, 2.45) is 0 Å². The number of aliphatic hydroxyl groups is 1. The summed E-state index contributed by atoms with van der Waals surface area (Å²) in [4.78, 5) is 51.8. The molecule has 35 heavy (non-hydrogen) atoms. The van der Waals surface area contributed by atoms with E-state index in [0.29, 0.717) is 33.8 Å². The van der Waals surface area contributed by atoms with E-state index in [2.05, 4.69) is 20.0 Å². The molecule has 0 aliphatic heterocycles. The minimum atomic E-state index is -1.45. The fourth-order valence-corrected chi connectivity index (χ4v) is 3.00. The number of amides is 2. The van der Waals surface area contributed by atoms with Crippen LogP contribution in [0.1, 0.15) is 17.3 Å². The number of rotatable bonds is 11. The van der Waals surface area contributed by atoms with Crippen molar-refractivity contribution in [2.45, 2.75) is 13.0 Å². The molecule has 3 aromatic rings. The fourth-order valence-electron chi connectivity index (χ4n) is 3.00. The molecule has 2 amide bonds. The molecule has 0 aliphatic carbocycles. The Kier molecular flexibility index (Phi) is 8.59. The van der Waals surface area contributed by atoms with E-state index in [-0.39, 0.29) is 31.5 Å². The number of carbonyl (C=O) groups excluding carboxylic acids is 2. The minimum absolute atomic E-state index is 0.0362. The molecule has 0 bridgehead atoms. The smallest absolute Gasteiger partial charge is 0.381 e. The number of nitroso groups, excluding NO2 is 1. The van der Waals surface area contributed by atoms with Crippen LogP contribution in [0, 0.1) is 4.91 Å². The van der Waals surface area contributed by atoms with Crippen LogP contribution in [-0.2, 0) is 9.53 Å². The summed E-state index contributed by atoms with van der Waals surface area (Å²) in [6.07, 6.45) is -1.45. The molecule has 0 saturated carbocycles. The Bertz CT molecular complexity index is 1240. The number of hydrogen-bond acceptors (Lipinski definition) is 8. The molecule has 1 atom stereocenters. The molecule has 1 unspecified atom stereocenters. The van der Waals surface area contributed by atoms with E-state index < -0.39 is 17.8 Å². The van der Waals surface area contributed by atoms with Crippen LogP contribution < -0.4 is 11.1 Å². The van der Waals surface area contributed by atoms with Crippen molar-refractivity contribution in [3.05, 3.63) is 69.6 Å². The lowest BCUT2D eigenvalue weighted by atomic mass is 10.1. The van der Waals surface area contributed by atoms with E-state index in [1.54, 1.807) is 49.5 Å². The van der Waals surface area contributed by atoms with Gasteiger partial charge in [0.25, 0.3) is 17.5 Å². The van der Waals surface area contributed by atoms with Crippen molar-refractivity contribution < 1.29 is 28.7 Å². The van der Waals surface area contributed by atoms with Crippen molar-refractivity contribution >= 4 is 23.2 Å². The summed E-state index contributed by atoms with van der Waals surface area (Å²) in [7, 11) is 1.68. The van der Waals surface area contributed by atoms with Crippen LogP contribution in [-0.4, -0.2) is 76.2 Å². The van der Waals surface area contributed by atoms with Crippen LogP contribution >= 0.6 is 0 Å². The molecule has 1 aromatic heterocycles. The average Bonchev–Trinajstić information content (AvgIpc) is 3.32. The quantitative estimate of drug-likeness (QED) is 0.273. The van der Waals surface area contributed by atoms with Gasteiger partial charge in [0.15, 0.2) is 11.9 Å². The van der Waals surface area contributed by atoms with Gasteiger partial charge in [-0.1, -0.05) is 11.2 Å². The number of H-pyrrole nitrogens is 1. The summed E-state index contributed by atoms with van der Waals surface area (Å²) >= 11 is 0. The fraction of sp³-hybridized carbons (Fsp3) is 0.304. The first-order chi connectivity index (χ1) is 16.8. The Morgan fingerprint density at radius 3 is 2.66 bits per heavy atom. The molecule has 12 nitrogen and oxygen atoms in total. The first kappa shape index (κ1) is 25.5. The lowest BCUT2D eigenvalue weighted by Crippen LogP contribution is -2.32. The van der Waals surface area contributed by atoms with Crippen molar-refractivity contribution in [3.8, 4) is 11.4 Å². The number of aromatic amines is 1. The lowest BCUT2D eigenvalue weighted by Gasteiger charge is -2.14. The zero-order valence-electron chi connectivity index (χ0n) is 19.3. The van der Waals surface area contributed by atoms with Crippen molar-refractivity contribution in [3.63, 3.8) is 0 Å². The second-order valence-electron chi connectivity index (χ2n) is 7.57. The van der Waals surface area contributed by atoms with Gasteiger partial charge in [0, 0.05) is 52.2 Å². The zero-order valence-corrected chi connectivity index (χ0v) is 19.3. The standard InChI is InChI=1S/C23H25N5O7/c1-3-27(2)22(31)16-5-4-6-18(13-16)28(33)11-12-34-14-19(29)21(30)24-17-9-7-15(8-10-17)20-25-23(32)35-26-20/h4-10,13,19,29H,3,11-12,14H2,1-2H3,(H-,24,25,26,30,32)/p+1. The normalized spacial score (nSPS) is 11.6. The highest BCUT2D eigenvalue weighted by atomic mass is 16.5. The molecular formula is C23H26N5O7+. The molecule has 0 spiro atoms. The van der Waals surface area contributed by atoms with Gasteiger partial charge in [0.2, 0.25) is 6.54 Å². The predicted molar refractivity (Wildman–Crippen MR) is 125 cm³/mol. The lowest BCUT2D eigenvalue weighted by molar-refractivity contribution is -0.467. The van der Waals surface area contributed by atoms with Crippen LogP contribution in [0.3, 0.4) is 0 Å². The highest BCUT2D eigenvalue weighted by Crippen LogP contribution is 2.17. The maximum absolute atomic E-state index is 12.4. The SMILES string of the molecule is CCN(C)C(=O)c1cccc([N+](=O)CCOCC(O)C(=O)Nc2ccc(-c3noc(=O)[nH]3)cc2)c1. The second kappa shape index (κ2) is 11.8. The highest BCUT2D eigenvalue weighted by Gasteiger charge is 2.19. The number of ether oxygens (including phenoxy) is 1. The second-order valence-corrected chi connectivity index (χ2v) is 7.57. The molecule has 0 fully saturated rings.